The van der Waals surface area contributed by atoms with E-state index < -0.39 is 39.1 Å². The summed E-state index contributed by atoms with van der Waals surface area (Å²) in [5.41, 5.74) is 17.3. The van der Waals surface area contributed by atoms with Gasteiger partial charge in [-0.05, 0) is 15.9 Å². The lowest BCUT2D eigenvalue weighted by Crippen LogP contribution is -2.73. The van der Waals surface area contributed by atoms with Crippen molar-refractivity contribution < 1.29 is 9.90 Å². The predicted octanol–water partition coefficient (Wildman–Crippen LogP) is -1.18. The fourth-order valence-electron chi connectivity index (χ4n) is 6.57. The number of H-pyrrole nitrogens is 1. The summed E-state index contributed by atoms with van der Waals surface area (Å²) in [6.45, 7) is 0.500. The van der Waals surface area contributed by atoms with Gasteiger partial charge in [0.25, 0.3) is 5.91 Å². The summed E-state index contributed by atoms with van der Waals surface area (Å²) in [6.07, 6.45) is 0.464. The van der Waals surface area contributed by atoms with Gasteiger partial charge < -0.3 is 42.8 Å². The van der Waals surface area contributed by atoms with E-state index in [0.29, 0.717) is 17.8 Å². The van der Waals surface area contributed by atoms with E-state index in [4.69, 9.17) is 28.8 Å². The number of aromatic amines is 1. The first-order valence-electron chi connectivity index (χ1n) is 9.75. The number of rotatable bonds is 1. The number of aliphatic hydroxyl groups is 1. The second-order valence-electron chi connectivity index (χ2n) is 8.73. The van der Waals surface area contributed by atoms with Gasteiger partial charge >= 0.3 is 0 Å². The number of hydrogen-bond donors (Lipinski definition) is 7. The van der Waals surface area contributed by atoms with Gasteiger partial charge in [-0.1, -0.05) is 15.9 Å². The molecule has 166 valence electrons. The van der Waals surface area contributed by atoms with Gasteiger partial charge in [0.2, 0.25) is 0 Å². The quantitative estimate of drug-likeness (QED) is 0.205. The van der Waals surface area contributed by atoms with Crippen LogP contribution in [0.3, 0.4) is 0 Å². The van der Waals surface area contributed by atoms with E-state index in [1.807, 2.05) is 0 Å². The van der Waals surface area contributed by atoms with Crippen LogP contribution in [0.5, 0.6) is 0 Å². The minimum atomic E-state index is -1.25. The largest absolute Gasteiger partial charge is 0.370 e. The van der Waals surface area contributed by atoms with Crippen LogP contribution in [0.4, 0.5) is 0 Å². The van der Waals surface area contributed by atoms with E-state index in [0.717, 1.165) is 4.47 Å². The van der Waals surface area contributed by atoms with Gasteiger partial charge in [0, 0.05) is 41.2 Å². The molecule has 4 aliphatic heterocycles. The SMILES string of the molecule is NC[C@]1(Br)[C@@H]2CN3C(=O)c4[nH]cc(Br)c4[C@@H]4N=C(N)N[C@]43[C@@H]2[C@@]2(NC(N)=N[C@@H]2O)[C@H]1Cl. The van der Waals surface area contributed by atoms with Gasteiger partial charge in [-0.2, -0.15) is 0 Å². The average molecular weight is 578 g/mol. The molecule has 14 heteroatoms. The first kappa shape index (κ1) is 20.1. The van der Waals surface area contributed by atoms with Crippen molar-refractivity contribution in [1.29, 1.82) is 0 Å². The molecule has 31 heavy (non-hydrogen) atoms. The highest BCUT2D eigenvalue weighted by Crippen LogP contribution is 2.67. The normalized spacial score (nSPS) is 46.8. The Morgan fingerprint density at radius 1 is 1.32 bits per heavy atom. The van der Waals surface area contributed by atoms with Crippen LogP contribution in [0, 0.1) is 11.8 Å². The van der Waals surface area contributed by atoms with Crippen molar-refractivity contribution in [3.63, 3.8) is 0 Å². The van der Waals surface area contributed by atoms with Crippen molar-refractivity contribution in [2.45, 2.75) is 33.2 Å². The molecule has 1 saturated carbocycles. The molecule has 1 amide bonds. The Morgan fingerprint density at radius 2 is 2.03 bits per heavy atom. The van der Waals surface area contributed by atoms with Crippen molar-refractivity contribution in [3.8, 4) is 0 Å². The average Bonchev–Trinajstić information content (AvgIpc) is 3.46. The topological polar surface area (TPSA) is 183 Å². The molecule has 8 atom stereocenters. The summed E-state index contributed by atoms with van der Waals surface area (Å²) >= 11 is 14.4. The molecule has 6 rings (SSSR count). The molecule has 2 spiro atoms. The number of fused-ring (bicyclic) bond motifs is 4. The van der Waals surface area contributed by atoms with Crippen molar-refractivity contribution in [1.82, 2.24) is 20.5 Å². The molecule has 10 N–H and O–H groups in total. The highest BCUT2D eigenvalue weighted by atomic mass is 79.9. The summed E-state index contributed by atoms with van der Waals surface area (Å²) in [5, 5.41) is 16.9. The van der Waals surface area contributed by atoms with Crippen LogP contribution in [0.2, 0.25) is 0 Å². The van der Waals surface area contributed by atoms with E-state index >= 15 is 0 Å². The number of halogens is 3. The minimum Gasteiger partial charge on any atom is -0.370 e. The Bertz CT molecular complexity index is 1100. The number of amides is 1. The zero-order chi connectivity index (χ0) is 22.1. The zero-order valence-corrected chi connectivity index (χ0v) is 19.9. The number of aliphatic imine (C=N–C) groups is 2. The summed E-state index contributed by atoms with van der Waals surface area (Å²) < 4.78 is -0.0912. The molecule has 1 aliphatic carbocycles. The third-order valence-electron chi connectivity index (χ3n) is 7.64. The van der Waals surface area contributed by atoms with Gasteiger partial charge in [-0.3, -0.25) is 4.79 Å². The first-order chi connectivity index (χ1) is 14.6. The first-order valence-corrected chi connectivity index (χ1v) is 11.8. The third-order valence-corrected chi connectivity index (χ3v) is 10.7. The molecule has 0 unspecified atom stereocenters. The molecule has 5 aliphatic rings. The summed E-state index contributed by atoms with van der Waals surface area (Å²) in [5.74, 6) is -0.662. The van der Waals surface area contributed by atoms with Gasteiger partial charge in [-0.25, -0.2) is 9.98 Å². The van der Waals surface area contributed by atoms with E-state index in [1.54, 1.807) is 11.1 Å². The summed E-state index contributed by atoms with van der Waals surface area (Å²) in [4.78, 5) is 27.3. The monoisotopic (exact) mass is 575 g/mol. The Balaban J connectivity index is 1.63. The van der Waals surface area contributed by atoms with Gasteiger partial charge in [0.1, 0.15) is 22.9 Å². The van der Waals surface area contributed by atoms with Crippen molar-refractivity contribution >= 4 is 61.3 Å². The second kappa shape index (κ2) is 5.87. The number of carbonyl (C=O) groups is 1. The number of nitrogens with zero attached hydrogens (tertiary/aromatic N) is 3. The lowest BCUT2D eigenvalue weighted by atomic mass is 9.70. The van der Waals surface area contributed by atoms with Crippen LogP contribution < -0.4 is 27.8 Å². The van der Waals surface area contributed by atoms with Gasteiger partial charge in [0.05, 0.1) is 9.70 Å². The molecule has 0 bridgehead atoms. The number of hydrogen-bond acceptors (Lipinski definition) is 9. The molecule has 1 aromatic heterocycles. The fraction of sp³-hybridized carbons (Fsp3) is 0.588. The van der Waals surface area contributed by atoms with E-state index in [9.17, 15) is 9.90 Å². The Hall–Kier alpha value is -1.54. The molecular weight excluding hydrogens is 558 g/mol. The molecule has 0 aromatic carbocycles. The van der Waals surface area contributed by atoms with E-state index in [2.05, 4.69) is 57.5 Å². The van der Waals surface area contributed by atoms with Crippen molar-refractivity contribution in [2.24, 2.45) is 39.0 Å². The van der Waals surface area contributed by atoms with Crippen LogP contribution in [0.15, 0.2) is 20.7 Å². The molecule has 1 aromatic rings. The van der Waals surface area contributed by atoms with Gasteiger partial charge in [-0.15, -0.1) is 11.6 Å². The Labute approximate surface area is 198 Å². The van der Waals surface area contributed by atoms with Crippen molar-refractivity contribution in [2.75, 3.05) is 13.1 Å². The summed E-state index contributed by atoms with van der Waals surface area (Å²) in [6, 6.07) is -0.542. The molecule has 2 fully saturated rings. The Kier molecular flexibility index (Phi) is 3.81. The Morgan fingerprint density at radius 3 is 2.68 bits per heavy atom. The lowest BCUT2D eigenvalue weighted by Gasteiger charge is -2.51. The zero-order valence-electron chi connectivity index (χ0n) is 15.9. The van der Waals surface area contributed by atoms with E-state index in [1.165, 1.54) is 0 Å². The third kappa shape index (κ3) is 1.97. The van der Waals surface area contributed by atoms with Gasteiger partial charge in [0.15, 0.2) is 18.1 Å². The number of aliphatic hydroxyl groups excluding tert-OH is 1. The number of carbonyl (C=O) groups excluding carboxylic acids is 1. The number of nitrogens with two attached hydrogens (primary N) is 3. The molecule has 0 radical (unpaired) electrons. The van der Waals surface area contributed by atoms with Crippen LogP contribution >= 0.6 is 43.5 Å². The smallest absolute Gasteiger partial charge is 0.272 e. The van der Waals surface area contributed by atoms with Crippen molar-refractivity contribution in [3.05, 3.63) is 21.9 Å². The summed E-state index contributed by atoms with van der Waals surface area (Å²) in [7, 11) is 0. The number of guanidine groups is 2. The number of aromatic nitrogens is 1. The number of nitrogens with one attached hydrogen (secondary N) is 3. The maximum atomic E-state index is 13.6. The van der Waals surface area contributed by atoms with Crippen LogP contribution in [-0.2, 0) is 0 Å². The molecule has 5 heterocycles. The predicted molar refractivity (Wildman–Crippen MR) is 121 cm³/mol. The second-order valence-corrected chi connectivity index (χ2v) is 11.5. The maximum absolute atomic E-state index is 13.6. The standard InChI is InChI=1S/C17H20Br2ClN9O2/c18-5-1-24-7-6(5)9-17(28-13(22)25-9)8-4(2-29(17)10(7)30)15(19,3-21)11(20)16(8)12(31)26-14(23)27-16/h1,4,8-9,11-12,24,31H,2-3,21H2,(H3,22,25,28)(H3,23,26,27)/t4-,8+,9+,11+,12-,15+,16-,17+/m1/s1. The van der Waals surface area contributed by atoms with E-state index in [-0.39, 0.29) is 30.3 Å². The number of alkyl halides is 2. The maximum Gasteiger partial charge on any atom is 0.272 e. The van der Waals surface area contributed by atoms with Crippen LogP contribution in [0.25, 0.3) is 0 Å². The molecule has 11 nitrogen and oxygen atoms in total. The lowest BCUT2D eigenvalue weighted by molar-refractivity contribution is -0.0123. The minimum absolute atomic E-state index is 0.0783. The van der Waals surface area contributed by atoms with Crippen LogP contribution in [-0.4, -0.2) is 73.0 Å². The van der Waals surface area contributed by atoms with Crippen LogP contribution in [0.1, 0.15) is 22.1 Å². The highest BCUT2D eigenvalue weighted by molar-refractivity contribution is 9.10. The highest BCUT2D eigenvalue weighted by Gasteiger charge is 2.82. The fourth-order valence-corrected chi connectivity index (χ4v) is 8.44. The molecule has 1 saturated heterocycles. The molecular formula is C17H20Br2ClN9O2.